The summed E-state index contributed by atoms with van der Waals surface area (Å²) < 4.78 is 5.12. The lowest BCUT2D eigenvalue weighted by Gasteiger charge is -2.21. The van der Waals surface area contributed by atoms with Crippen molar-refractivity contribution >= 4 is 17.3 Å². The lowest BCUT2D eigenvalue weighted by molar-refractivity contribution is 0.398. The van der Waals surface area contributed by atoms with Crippen LogP contribution in [0.1, 0.15) is 5.56 Å². The van der Waals surface area contributed by atoms with Gasteiger partial charge in [-0.25, -0.2) is 4.98 Å². The van der Waals surface area contributed by atoms with Crippen LogP contribution in [-0.2, 0) is 6.54 Å². The van der Waals surface area contributed by atoms with Crippen molar-refractivity contribution in [3.8, 4) is 5.88 Å². The Morgan fingerprint density at radius 3 is 2.61 bits per heavy atom. The summed E-state index contributed by atoms with van der Waals surface area (Å²) in [5.74, 6) is 0.453. The minimum atomic E-state index is 0.453. The van der Waals surface area contributed by atoms with Crippen LogP contribution in [0.4, 0.5) is 5.69 Å². The zero-order valence-electron chi connectivity index (χ0n) is 10.4. The molecule has 0 saturated heterocycles. The first kappa shape index (κ1) is 12.7. The van der Waals surface area contributed by atoms with Gasteiger partial charge in [0.05, 0.1) is 12.8 Å². The summed E-state index contributed by atoms with van der Waals surface area (Å²) >= 11 is 6.24. The summed E-state index contributed by atoms with van der Waals surface area (Å²) in [6, 6.07) is 12.1. The van der Waals surface area contributed by atoms with E-state index in [1.807, 2.05) is 31.3 Å². The third kappa shape index (κ3) is 2.74. The molecule has 0 spiro atoms. The van der Waals surface area contributed by atoms with Gasteiger partial charge < -0.3 is 9.64 Å². The van der Waals surface area contributed by atoms with E-state index in [0.29, 0.717) is 10.9 Å². The van der Waals surface area contributed by atoms with Crippen molar-refractivity contribution in [3.63, 3.8) is 0 Å². The lowest BCUT2D eigenvalue weighted by Crippen LogP contribution is -2.17. The van der Waals surface area contributed by atoms with Crippen molar-refractivity contribution in [2.45, 2.75) is 6.54 Å². The summed E-state index contributed by atoms with van der Waals surface area (Å²) in [7, 11) is 3.56. The molecule has 1 aromatic carbocycles. The highest BCUT2D eigenvalue weighted by molar-refractivity contribution is 6.34. The molecule has 0 radical (unpaired) electrons. The number of hydrogen-bond donors (Lipinski definition) is 0. The fourth-order valence-corrected chi connectivity index (χ4v) is 2.13. The Labute approximate surface area is 112 Å². The van der Waals surface area contributed by atoms with Crippen LogP contribution in [0, 0.1) is 0 Å². The fourth-order valence-electron chi connectivity index (χ4n) is 1.79. The maximum absolute atomic E-state index is 6.24. The van der Waals surface area contributed by atoms with Crippen LogP contribution in [0.3, 0.4) is 0 Å². The molecular formula is C14H15ClN2O. The molecule has 0 bridgehead atoms. The molecule has 18 heavy (non-hydrogen) atoms. The molecule has 0 N–H and O–H groups in total. The van der Waals surface area contributed by atoms with Gasteiger partial charge in [0.1, 0.15) is 5.02 Å². The number of aromatic nitrogens is 1. The minimum absolute atomic E-state index is 0.453. The quantitative estimate of drug-likeness (QED) is 0.845. The third-order valence-corrected chi connectivity index (χ3v) is 3.06. The Hall–Kier alpha value is -1.74. The number of ether oxygens (including phenoxy) is 1. The van der Waals surface area contributed by atoms with Gasteiger partial charge in [-0.05, 0) is 11.6 Å². The molecule has 94 valence electrons. The molecule has 0 amide bonds. The number of nitrogens with zero attached hydrogens (tertiary/aromatic N) is 2. The normalized spacial score (nSPS) is 10.2. The van der Waals surface area contributed by atoms with Gasteiger partial charge in [-0.1, -0.05) is 41.9 Å². The van der Waals surface area contributed by atoms with Gasteiger partial charge in [-0.15, -0.1) is 0 Å². The topological polar surface area (TPSA) is 25.4 Å². The molecule has 1 heterocycles. The van der Waals surface area contributed by atoms with Gasteiger partial charge >= 0.3 is 0 Å². The first-order valence-corrected chi connectivity index (χ1v) is 6.03. The predicted molar refractivity (Wildman–Crippen MR) is 74.3 cm³/mol. The highest BCUT2D eigenvalue weighted by Gasteiger charge is 2.11. The van der Waals surface area contributed by atoms with Gasteiger partial charge in [0.25, 0.3) is 0 Å². The number of hydrogen-bond acceptors (Lipinski definition) is 3. The zero-order valence-corrected chi connectivity index (χ0v) is 11.2. The van der Waals surface area contributed by atoms with E-state index >= 15 is 0 Å². The molecule has 2 aromatic rings. The second-order valence-electron chi connectivity index (χ2n) is 3.99. The molecular weight excluding hydrogens is 248 g/mol. The maximum Gasteiger partial charge on any atom is 0.234 e. The van der Waals surface area contributed by atoms with Crippen LogP contribution in [0.5, 0.6) is 5.88 Å². The predicted octanol–water partition coefficient (Wildman–Crippen LogP) is 3.38. The van der Waals surface area contributed by atoms with Crippen LogP contribution in [-0.4, -0.2) is 19.1 Å². The van der Waals surface area contributed by atoms with Gasteiger partial charge in [0, 0.05) is 19.8 Å². The number of benzene rings is 1. The molecule has 1 aromatic heterocycles. The van der Waals surface area contributed by atoms with E-state index in [1.54, 1.807) is 13.3 Å². The average Bonchev–Trinajstić information content (AvgIpc) is 2.40. The minimum Gasteiger partial charge on any atom is -0.480 e. The van der Waals surface area contributed by atoms with Gasteiger partial charge in [-0.3, -0.25) is 0 Å². The van der Waals surface area contributed by atoms with Crippen LogP contribution in [0.15, 0.2) is 42.6 Å². The second-order valence-corrected chi connectivity index (χ2v) is 4.37. The highest BCUT2D eigenvalue weighted by Crippen LogP contribution is 2.32. The second kappa shape index (κ2) is 5.74. The van der Waals surface area contributed by atoms with E-state index in [4.69, 9.17) is 16.3 Å². The molecule has 2 rings (SSSR count). The van der Waals surface area contributed by atoms with E-state index in [9.17, 15) is 0 Å². The van der Waals surface area contributed by atoms with Crippen LogP contribution in [0.2, 0.25) is 5.02 Å². The van der Waals surface area contributed by atoms with Crippen molar-refractivity contribution < 1.29 is 4.74 Å². The molecule has 0 unspecified atom stereocenters. The van der Waals surface area contributed by atoms with E-state index in [0.717, 1.165) is 12.2 Å². The van der Waals surface area contributed by atoms with Crippen LogP contribution in [0.25, 0.3) is 0 Å². The fraction of sp³-hybridized carbons (Fsp3) is 0.214. The van der Waals surface area contributed by atoms with Crippen molar-refractivity contribution in [1.29, 1.82) is 0 Å². The third-order valence-electron chi connectivity index (χ3n) is 2.70. The van der Waals surface area contributed by atoms with Crippen molar-refractivity contribution in [2.75, 3.05) is 19.1 Å². The molecule has 0 aliphatic heterocycles. The monoisotopic (exact) mass is 262 g/mol. The standard InChI is InChI=1S/C14H15ClN2O/c1-17(10-11-6-4-3-5-7-11)12-8-9-16-14(18-2)13(12)15/h3-9H,10H2,1-2H3. The first-order valence-electron chi connectivity index (χ1n) is 5.66. The summed E-state index contributed by atoms with van der Waals surface area (Å²) in [4.78, 5) is 6.14. The Kier molecular flexibility index (Phi) is 4.05. The average molecular weight is 263 g/mol. The molecule has 0 aliphatic carbocycles. The van der Waals surface area contributed by atoms with Crippen molar-refractivity contribution in [2.24, 2.45) is 0 Å². The van der Waals surface area contributed by atoms with E-state index in [1.165, 1.54) is 5.56 Å². The summed E-state index contributed by atoms with van der Waals surface area (Å²) in [5, 5.41) is 0.540. The molecule has 0 aliphatic rings. The van der Waals surface area contributed by atoms with Crippen LogP contribution < -0.4 is 9.64 Å². The Bertz CT molecular complexity index is 516. The Morgan fingerprint density at radius 2 is 1.94 bits per heavy atom. The van der Waals surface area contributed by atoms with Crippen molar-refractivity contribution in [3.05, 3.63) is 53.2 Å². The molecule has 3 nitrogen and oxygen atoms in total. The summed E-state index contributed by atoms with van der Waals surface area (Å²) in [6.07, 6.45) is 1.70. The molecule has 0 atom stereocenters. The summed E-state index contributed by atoms with van der Waals surface area (Å²) in [6.45, 7) is 0.785. The number of methoxy groups -OCH3 is 1. The Balaban J connectivity index is 2.21. The number of halogens is 1. The maximum atomic E-state index is 6.24. The SMILES string of the molecule is COc1nccc(N(C)Cc2ccccc2)c1Cl. The number of rotatable bonds is 4. The van der Waals surface area contributed by atoms with E-state index < -0.39 is 0 Å². The molecule has 4 heteroatoms. The van der Waals surface area contributed by atoms with E-state index in [2.05, 4.69) is 22.0 Å². The zero-order chi connectivity index (χ0) is 13.0. The molecule has 0 saturated carbocycles. The van der Waals surface area contributed by atoms with Gasteiger partial charge in [-0.2, -0.15) is 0 Å². The van der Waals surface area contributed by atoms with Crippen molar-refractivity contribution in [1.82, 2.24) is 4.98 Å². The lowest BCUT2D eigenvalue weighted by atomic mass is 10.2. The summed E-state index contributed by atoms with van der Waals surface area (Å²) in [5.41, 5.74) is 2.14. The first-order chi connectivity index (χ1) is 8.72. The van der Waals surface area contributed by atoms with E-state index in [-0.39, 0.29) is 0 Å². The highest BCUT2D eigenvalue weighted by atomic mass is 35.5. The van der Waals surface area contributed by atoms with Gasteiger partial charge in [0.2, 0.25) is 5.88 Å². The Morgan fingerprint density at radius 1 is 1.22 bits per heavy atom. The largest absolute Gasteiger partial charge is 0.480 e. The molecule has 0 fully saturated rings. The van der Waals surface area contributed by atoms with Gasteiger partial charge in [0.15, 0.2) is 0 Å². The smallest absolute Gasteiger partial charge is 0.234 e. The number of pyridine rings is 1. The number of anilines is 1. The van der Waals surface area contributed by atoms with Crippen LogP contribution >= 0.6 is 11.6 Å².